The van der Waals surface area contributed by atoms with Gasteiger partial charge in [-0.3, -0.25) is 46.9 Å². The Bertz CT molecular complexity index is 4080. The Balaban J connectivity index is 0.819. The van der Waals surface area contributed by atoms with E-state index in [4.69, 9.17) is 113 Å². The number of hydrogen-bond acceptors (Lipinski definition) is 29. The number of nitrogens with zero attached hydrogens (tertiary/aromatic N) is 8. The van der Waals surface area contributed by atoms with Gasteiger partial charge in [-0.1, -0.05) is 0 Å². The number of imidazole rings is 1. The van der Waals surface area contributed by atoms with Crippen molar-refractivity contribution in [1.29, 1.82) is 0 Å². The van der Waals surface area contributed by atoms with Gasteiger partial charge in [0.05, 0.1) is 56.7 Å². The standard InChI is InChI=1S/C46H60N13O22P3S3/c1-16-9-56(41(63)51-32(16)47)24-8-23(19(4)72-24)79-82(66,85)70-13-45-21(6)74-27(38(77-45)58-11-18(3)35(61)55-43(58)65)30(45)80-84(68,87)71-14-46-22(7)75-28(39(78-46)59-15-50-25-34(59)53-40(49)54-36(25)62)31(46)81-83(67,86)69-12-44-20(5)73-26(29(44)60)37(76-44)57-10-17(2)33(48)52-42(57)64/h9-11,15,19-24,26-31,37-39,60H,8,12-14H2,1-7H3,(H,66,85)(H,67,86)(H,68,87)(H2,47,51,63)(H2,48,52,64)(H,55,61,65)(H3,49,53,54,62)/t19-,20+,21+,22+,23?,24-,26+,27+,28+,29?,30?,31?,37-,38-,39-,44+,45+,46+,82?,83?,84?/m1/s1. The van der Waals surface area contributed by atoms with E-state index in [1.807, 2.05) is 0 Å². The first-order valence-electron chi connectivity index (χ1n) is 26.8. The van der Waals surface area contributed by atoms with Crippen molar-refractivity contribution in [3.8, 4) is 0 Å². The SMILES string of the molecule is Cc1cn([C@@H]2O[C@]3(COP(O)(=S)OC4[C@@H]5O[C@@H](C)[C@]4(COP(O)(=S)OC4[C@@H]6O[C@@H](C)[C@]4(COP(O)(=S)OC4C[C@H](n7cc(C)c(N)nc7=O)O[C@@H]4C)O[C@H]6n4cc(C)c(=O)[nH]c4=O)O[C@H]5n4cnc5c(=O)[nH]c(N)nc54)C(O)[C@@H]2O[C@H]3C)c(=O)nc1N. The minimum absolute atomic E-state index is 0.00970. The molecule has 7 unspecified atom stereocenters. The summed E-state index contributed by atoms with van der Waals surface area (Å²) in [5.41, 5.74) is 9.13. The molecule has 0 radical (unpaired) electrons. The van der Waals surface area contributed by atoms with Crippen molar-refractivity contribution in [2.45, 2.75) is 164 Å². The van der Waals surface area contributed by atoms with Crippen LogP contribution in [0.2, 0.25) is 0 Å². The second-order valence-corrected chi connectivity index (χ2v) is 30.6. The third-order valence-corrected chi connectivity index (χ3v) is 21.5. The first-order valence-corrected chi connectivity index (χ1v) is 34.6. The van der Waals surface area contributed by atoms with Gasteiger partial charge in [-0.05, 0) is 83.9 Å². The maximum atomic E-state index is 13.5. The van der Waals surface area contributed by atoms with Gasteiger partial charge in [-0.25, -0.2) is 19.4 Å². The number of nitrogens with one attached hydrogen (secondary N) is 2. The van der Waals surface area contributed by atoms with Crippen molar-refractivity contribution in [1.82, 2.24) is 48.2 Å². The van der Waals surface area contributed by atoms with Crippen LogP contribution in [0.25, 0.3) is 11.2 Å². The average molecular weight is 1340 g/mol. The molecule has 12 heterocycles. The van der Waals surface area contributed by atoms with Crippen LogP contribution in [0.1, 0.15) is 75.7 Å². The lowest BCUT2D eigenvalue weighted by molar-refractivity contribution is -0.218. The number of aryl methyl sites for hydroxylation is 3. The first-order chi connectivity index (χ1) is 40.8. The zero-order chi connectivity index (χ0) is 62.6. The maximum absolute atomic E-state index is 13.5. The number of fused-ring (bicyclic) bond motifs is 7. The molecule has 5 aromatic heterocycles. The molecule has 7 aliphatic heterocycles. The number of aliphatic hydroxyl groups is 1. The third kappa shape index (κ3) is 10.7. The largest absolute Gasteiger partial charge is 0.387 e. The van der Waals surface area contributed by atoms with E-state index in [1.165, 1.54) is 41.0 Å². The second kappa shape index (κ2) is 22.1. The summed E-state index contributed by atoms with van der Waals surface area (Å²) in [6.07, 6.45) is -12.5. The van der Waals surface area contributed by atoms with Crippen molar-refractivity contribution in [3.63, 3.8) is 0 Å². The molecule has 21 atom stereocenters. The van der Waals surface area contributed by atoms with Crippen LogP contribution in [-0.4, -0.2) is 172 Å². The highest BCUT2D eigenvalue weighted by Crippen LogP contribution is 2.62. The van der Waals surface area contributed by atoms with Gasteiger partial charge >= 0.3 is 37.2 Å². The van der Waals surface area contributed by atoms with Crippen LogP contribution in [0.3, 0.4) is 0 Å². The number of aliphatic hydroxyl groups excluding tert-OH is 1. The Morgan fingerprint density at radius 1 is 0.621 bits per heavy atom. The summed E-state index contributed by atoms with van der Waals surface area (Å²) in [7, 11) is 0. The smallest absolute Gasteiger partial charge is 0.351 e. The monoisotopic (exact) mass is 1340 g/mol. The lowest BCUT2D eigenvalue weighted by atomic mass is 9.94. The van der Waals surface area contributed by atoms with Gasteiger partial charge < -0.3 is 88.2 Å². The van der Waals surface area contributed by atoms with Crippen LogP contribution in [0.15, 0.2) is 48.9 Å². The predicted octanol–water partition coefficient (Wildman–Crippen LogP) is -1.46. The van der Waals surface area contributed by atoms with Gasteiger partial charge in [-0.15, -0.1) is 0 Å². The summed E-state index contributed by atoms with van der Waals surface area (Å²) in [4.78, 5) is 122. The minimum Gasteiger partial charge on any atom is -0.387 e. The minimum atomic E-state index is -4.74. The summed E-state index contributed by atoms with van der Waals surface area (Å²) in [5.74, 6) is -0.241. The zero-order valence-electron chi connectivity index (χ0n) is 46.8. The molecular formula is C46H60N13O22P3S3. The van der Waals surface area contributed by atoms with E-state index < -0.39 is 177 Å². The Kier molecular flexibility index (Phi) is 15.9. The first kappa shape index (κ1) is 62.6. The Morgan fingerprint density at radius 2 is 1.09 bits per heavy atom. The van der Waals surface area contributed by atoms with Crippen molar-refractivity contribution in [2.75, 3.05) is 37.0 Å². The molecule has 41 heteroatoms. The molecule has 7 saturated heterocycles. The molecule has 12 N–H and O–H groups in total. The molecule has 474 valence electrons. The highest BCUT2D eigenvalue weighted by atomic mass is 32.5. The number of hydrogen-bond donors (Lipinski definition) is 9. The predicted molar refractivity (Wildman–Crippen MR) is 308 cm³/mol. The number of nitrogen functional groups attached to an aromatic ring is 3. The average Bonchev–Trinajstić information content (AvgIpc) is 1.57. The van der Waals surface area contributed by atoms with Crippen LogP contribution in [-0.2, 0) is 95.7 Å². The summed E-state index contributed by atoms with van der Waals surface area (Å²) in [6.45, 7) is -4.77. The summed E-state index contributed by atoms with van der Waals surface area (Å²) < 4.78 is 86.3. The van der Waals surface area contributed by atoms with Crippen molar-refractivity contribution < 1.29 is 80.1 Å². The van der Waals surface area contributed by atoms with Crippen molar-refractivity contribution in [2.24, 2.45) is 0 Å². The molecular weight excluding hydrogens is 1280 g/mol. The van der Waals surface area contributed by atoms with Gasteiger partial charge in [0.1, 0.15) is 71.3 Å². The van der Waals surface area contributed by atoms with Gasteiger partial charge in [-0.2, -0.15) is 15.0 Å². The van der Waals surface area contributed by atoms with Gasteiger partial charge in [0, 0.05) is 41.7 Å². The van der Waals surface area contributed by atoms with Gasteiger partial charge in [0.15, 0.2) is 29.8 Å². The molecule has 12 rings (SSSR count). The number of rotatable bonds is 19. The van der Waals surface area contributed by atoms with E-state index in [9.17, 15) is 43.8 Å². The fourth-order valence-electron chi connectivity index (χ4n) is 12.1. The summed E-state index contributed by atoms with van der Waals surface area (Å²) >= 11 is 17.0. The number of H-pyrrole nitrogens is 2. The van der Waals surface area contributed by atoms with E-state index >= 15 is 0 Å². The van der Waals surface area contributed by atoms with Crippen LogP contribution in [0.5, 0.6) is 0 Å². The van der Waals surface area contributed by atoms with Crippen LogP contribution in [0.4, 0.5) is 17.6 Å². The number of aromatic amines is 2. The van der Waals surface area contributed by atoms with E-state index in [2.05, 4.69) is 29.9 Å². The number of nitrogens with two attached hydrogens (primary N) is 3. The Morgan fingerprint density at radius 3 is 1.68 bits per heavy atom. The molecule has 87 heavy (non-hydrogen) atoms. The van der Waals surface area contributed by atoms with Crippen LogP contribution in [0, 0.1) is 20.8 Å². The molecule has 0 aliphatic carbocycles. The van der Waals surface area contributed by atoms with Crippen molar-refractivity contribution >= 4 is 84.3 Å². The quantitative estimate of drug-likeness (QED) is 0.0427. The summed E-state index contributed by atoms with van der Waals surface area (Å²) in [6, 6.07) is 0. The molecule has 6 bridgehead atoms. The fraction of sp³-hybridized carbons (Fsp3) is 0.630. The molecule has 7 fully saturated rings. The normalized spacial score (nSPS) is 37.1. The molecule has 0 saturated carbocycles. The summed E-state index contributed by atoms with van der Waals surface area (Å²) in [5, 5.41) is 11.7. The number of ether oxygens (including phenoxy) is 7. The lowest BCUT2D eigenvalue weighted by Crippen LogP contribution is -2.52. The number of aromatic nitrogens is 10. The lowest BCUT2D eigenvalue weighted by Gasteiger charge is -2.39. The highest BCUT2D eigenvalue weighted by Gasteiger charge is 2.72. The van der Waals surface area contributed by atoms with E-state index in [0.717, 1.165) is 9.13 Å². The second-order valence-electron chi connectivity index (χ2n) is 22.3. The molecule has 0 amide bonds. The fourth-order valence-corrected chi connectivity index (χ4v) is 16.5. The molecule has 0 spiro atoms. The number of anilines is 3. The maximum Gasteiger partial charge on any atom is 0.351 e. The van der Waals surface area contributed by atoms with E-state index in [0.29, 0.717) is 11.1 Å². The zero-order valence-corrected chi connectivity index (χ0v) is 51.9. The Labute approximate surface area is 504 Å². The van der Waals surface area contributed by atoms with Crippen LogP contribution < -0.4 is 45.4 Å². The molecule has 0 aromatic carbocycles. The van der Waals surface area contributed by atoms with Gasteiger partial charge in [0.25, 0.3) is 11.1 Å². The third-order valence-electron chi connectivity index (χ3n) is 16.9. The Hall–Kier alpha value is -4.54. The molecule has 35 nitrogen and oxygen atoms in total. The van der Waals surface area contributed by atoms with E-state index in [1.54, 1.807) is 41.5 Å². The van der Waals surface area contributed by atoms with Crippen LogP contribution >= 0.6 is 20.2 Å². The van der Waals surface area contributed by atoms with Gasteiger partial charge in [0.2, 0.25) is 5.95 Å². The highest BCUT2D eigenvalue weighted by molar-refractivity contribution is 8.07. The molecule has 7 aliphatic rings. The molecule has 5 aromatic rings. The topological polar surface area (TPSA) is 467 Å². The van der Waals surface area contributed by atoms with E-state index in [-0.39, 0.29) is 40.7 Å². The van der Waals surface area contributed by atoms with Crippen molar-refractivity contribution in [3.05, 3.63) is 93.8 Å².